The summed E-state index contributed by atoms with van der Waals surface area (Å²) in [4.78, 5) is 0. The van der Waals surface area contributed by atoms with Gasteiger partial charge in [-0.2, -0.15) is 0 Å². The summed E-state index contributed by atoms with van der Waals surface area (Å²) in [5, 5.41) is 0. The van der Waals surface area contributed by atoms with Gasteiger partial charge in [0.2, 0.25) is 0 Å². The van der Waals surface area contributed by atoms with Crippen LogP contribution >= 0.6 is 0 Å². The van der Waals surface area contributed by atoms with Crippen LogP contribution in [0.5, 0.6) is 0 Å². The molecular weight excluding hydrogens is 170 g/mol. The molecule has 0 aliphatic heterocycles. The third kappa shape index (κ3) is 1.49. The highest BCUT2D eigenvalue weighted by atomic mass is 15.1. The minimum absolute atomic E-state index is 0.399. The van der Waals surface area contributed by atoms with E-state index in [0.717, 1.165) is 0 Å². The normalized spacial score (nSPS) is 21.1. The summed E-state index contributed by atoms with van der Waals surface area (Å²) in [5.41, 5.74) is 3.24. The van der Waals surface area contributed by atoms with Crippen molar-refractivity contribution in [3.8, 4) is 0 Å². The fourth-order valence-electron chi connectivity index (χ4n) is 3.06. The Bertz CT molecular complexity index is 296. The molecule has 2 rings (SSSR count). The van der Waals surface area contributed by atoms with Crippen molar-refractivity contribution >= 4 is 0 Å². The average Bonchev–Trinajstić information content (AvgIpc) is 2.48. The molecule has 0 aromatic carbocycles. The molecule has 78 valence electrons. The lowest BCUT2D eigenvalue weighted by Gasteiger charge is -2.37. The largest absolute Gasteiger partial charge is 0.343 e. The second kappa shape index (κ2) is 3.45. The maximum atomic E-state index is 2.55. The summed E-state index contributed by atoms with van der Waals surface area (Å²) >= 11 is 0. The van der Waals surface area contributed by atoms with E-state index in [1.165, 1.54) is 43.5 Å². The van der Waals surface area contributed by atoms with Gasteiger partial charge in [0.05, 0.1) is 0 Å². The Morgan fingerprint density at radius 1 is 1.00 bits per heavy atom. The molecule has 1 aliphatic rings. The molecule has 1 heterocycles. The zero-order valence-electron chi connectivity index (χ0n) is 9.64. The number of hydrogen-bond donors (Lipinski definition) is 0. The Hall–Kier alpha value is -0.720. The van der Waals surface area contributed by atoms with Crippen molar-refractivity contribution in [3.63, 3.8) is 0 Å². The SMILES string of the molecule is Cc1ccc(C)n1C1(C)CCCCC1. The minimum atomic E-state index is 0.399. The van der Waals surface area contributed by atoms with E-state index in [1.807, 2.05) is 0 Å². The van der Waals surface area contributed by atoms with E-state index in [-0.39, 0.29) is 0 Å². The van der Waals surface area contributed by atoms with Crippen molar-refractivity contribution < 1.29 is 0 Å². The molecule has 0 radical (unpaired) electrons. The van der Waals surface area contributed by atoms with Gasteiger partial charge in [-0.15, -0.1) is 0 Å². The number of nitrogens with zero attached hydrogens (tertiary/aromatic N) is 1. The molecule has 0 unspecified atom stereocenters. The number of aromatic nitrogens is 1. The van der Waals surface area contributed by atoms with Crippen LogP contribution in [-0.4, -0.2) is 4.57 Å². The van der Waals surface area contributed by atoms with Crippen LogP contribution in [-0.2, 0) is 5.54 Å². The van der Waals surface area contributed by atoms with Gasteiger partial charge in [-0.05, 0) is 45.7 Å². The fraction of sp³-hybridized carbons (Fsp3) is 0.692. The Morgan fingerprint density at radius 2 is 1.50 bits per heavy atom. The Labute approximate surface area is 87.1 Å². The molecule has 0 N–H and O–H groups in total. The molecule has 1 saturated carbocycles. The van der Waals surface area contributed by atoms with E-state index >= 15 is 0 Å². The Morgan fingerprint density at radius 3 is 2.00 bits per heavy atom. The van der Waals surface area contributed by atoms with E-state index < -0.39 is 0 Å². The second-order valence-corrected chi connectivity index (χ2v) is 5.01. The first-order chi connectivity index (χ1) is 6.63. The van der Waals surface area contributed by atoms with E-state index in [1.54, 1.807) is 0 Å². The van der Waals surface area contributed by atoms with Crippen LogP contribution in [0.3, 0.4) is 0 Å². The average molecular weight is 191 g/mol. The van der Waals surface area contributed by atoms with Gasteiger partial charge in [-0.25, -0.2) is 0 Å². The molecule has 0 atom stereocenters. The van der Waals surface area contributed by atoms with Crippen LogP contribution in [0.15, 0.2) is 12.1 Å². The van der Waals surface area contributed by atoms with Gasteiger partial charge in [0, 0.05) is 16.9 Å². The van der Waals surface area contributed by atoms with Gasteiger partial charge in [0.25, 0.3) is 0 Å². The molecule has 0 spiro atoms. The maximum Gasteiger partial charge on any atom is 0.0416 e. The molecule has 0 amide bonds. The summed E-state index contributed by atoms with van der Waals surface area (Å²) in [5.74, 6) is 0. The molecular formula is C13H21N. The summed E-state index contributed by atoms with van der Waals surface area (Å²) < 4.78 is 2.55. The molecule has 1 fully saturated rings. The molecule has 1 aliphatic carbocycles. The van der Waals surface area contributed by atoms with Crippen LogP contribution in [0.4, 0.5) is 0 Å². The fourth-order valence-corrected chi connectivity index (χ4v) is 3.06. The van der Waals surface area contributed by atoms with Gasteiger partial charge in [0.1, 0.15) is 0 Å². The highest BCUT2D eigenvalue weighted by Crippen LogP contribution is 2.36. The number of hydrogen-bond acceptors (Lipinski definition) is 0. The molecule has 14 heavy (non-hydrogen) atoms. The van der Waals surface area contributed by atoms with Crippen LogP contribution in [0.25, 0.3) is 0 Å². The van der Waals surface area contributed by atoms with Crippen molar-refractivity contribution in [2.75, 3.05) is 0 Å². The zero-order chi connectivity index (χ0) is 10.2. The van der Waals surface area contributed by atoms with Crippen LogP contribution in [0.2, 0.25) is 0 Å². The zero-order valence-corrected chi connectivity index (χ0v) is 9.64. The predicted octanol–water partition coefficient (Wildman–Crippen LogP) is 3.78. The smallest absolute Gasteiger partial charge is 0.0416 e. The van der Waals surface area contributed by atoms with E-state index in [2.05, 4.69) is 37.5 Å². The molecule has 1 heteroatoms. The van der Waals surface area contributed by atoms with Crippen molar-refractivity contribution in [2.24, 2.45) is 0 Å². The highest BCUT2D eigenvalue weighted by molar-refractivity contribution is 5.17. The highest BCUT2D eigenvalue weighted by Gasteiger charge is 2.29. The summed E-state index contributed by atoms with van der Waals surface area (Å²) in [6.07, 6.45) is 6.92. The van der Waals surface area contributed by atoms with Gasteiger partial charge in [-0.3, -0.25) is 0 Å². The first-order valence-electron chi connectivity index (χ1n) is 5.79. The molecule has 1 aromatic rings. The van der Waals surface area contributed by atoms with E-state index in [0.29, 0.717) is 5.54 Å². The van der Waals surface area contributed by atoms with Crippen LogP contribution in [0.1, 0.15) is 50.4 Å². The van der Waals surface area contributed by atoms with Crippen LogP contribution < -0.4 is 0 Å². The van der Waals surface area contributed by atoms with Gasteiger partial charge < -0.3 is 4.57 Å². The lowest BCUT2D eigenvalue weighted by Crippen LogP contribution is -2.33. The molecule has 0 saturated heterocycles. The van der Waals surface area contributed by atoms with Crippen molar-refractivity contribution in [1.82, 2.24) is 4.57 Å². The van der Waals surface area contributed by atoms with Crippen molar-refractivity contribution in [1.29, 1.82) is 0 Å². The lowest BCUT2D eigenvalue weighted by molar-refractivity contribution is 0.212. The number of rotatable bonds is 1. The number of aryl methyl sites for hydroxylation is 2. The maximum absolute atomic E-state index is 2.55. The third-order valence-electron chi connectivity index (χ3n) is 3.74. The second-order valence-electron chi connectivity index (χ2n) is 5.01. The third-order valence-corrected chi connectivity index (χ3v) is 3.74. The minimum Gasteiger partial charge on any atom is -0.343 e. The quantitative estimate of drug-likeness (QED) is 0.636. The van der Waals surface area contributed by atoms with Gasteiger partial charge in [0.15, 0.2) is 0 Å². The monoisotopic (exact) mass is 191 g/mol. The van der Waals surface area contributed by atoms with Crippen LogP contribution in [0, 0.1) is 13.8 Å². The topological polar surface area (TPSA) is 4.93 Å². The van der Waals surface area contributed by atoms with Crippen molar-refractivity contribution in [2.45, 2.75) is 58.4 Å². The Balaban J connectivity index is 2.36. The molecule has 1 aromatic heterocycles. The summed E-state index contributed by atoms with van der Waals surface area (Å²) in [6.45, 7) is 6.88. The van der Waals surface area contributed by atoms with E-state index in [9.17, 15) is 0 Å². The first kappa shape index (κ1) is 9.82. The van der Waals surface area contributed by atoms with Gasteiger partial charge in [-0.1, -0.05) is 19.3 Å². The predicted molar refractivity (Wildman–Crippen MR) is 60.6 cm³/mol. The Kier molecular flexibility index (Phi) is 2.42. The summed E-state index contributed by atoms with van der Waals surface area (Å²) in [7, 11) is 0. The van der Waals surface area contributed by atoms with Gasteiger partial charge >= 0.3 is 0 Å². The molecule has 0 bridgehead atoms. The lowest BCUT2D eigenvalue weighted by atomic mass is 9.83. The molecule has 1 nitrogen and oxygen atoms in total. The standard InChI is InChI=1S/C13H21N/c1-11-7-8-12(2)14(11)13(3)9-5-4-6-10-13/h7-8H,4-6,9-10H2,1-3H3. The van der Waals surface area contributed by atoms with E-state index in [4.69, 9.17) is 0 Å². The first-order valence-corrected chi connectivity index (χ1v) is 5.79. The van der Waals surface area contributed by atoms with Crippen molar-refractivity contribution in [3.05, 3.63) is 23.5 Å². The summed E-state index contributed by atoms with van der Waals surface area (Å²) in [6, 6.07) is 4.49.